The highest BCUT2D eigenvalue weighted by atomic mass is 35.5. The number of benzene rings is 3. The van der Waals surface area contributed by atoms with Crippen LogP contribution < -0.4 is 5.73 Å². The summed E-state index contributed by atoms with van der Waals surface area (Å²) in [6.45, 7) is 8.94. The van der Waals surface area contributed by atoms with Gasteiger partial charge in [-0.1, -0.05) is 87.8 Å². The van der Waals surface area contributed by atoms with E-state index in [0.717, 1.165) is 18.4 Å². The van der Waals surface area contributed by atoms with Gasteiger partial charge in [-0.05, 0) is 70.2 Å². The first-order chi connectivity index (χ1) is 16.8. The number of nitrogens with zero attached hydrogens (tertiary/aromatic N) is 1. The lowest BCUT2D eigenvalue weighted by molar-refractivity contribution is -0.122. The summed E-state index contributed by atoms with van der Waals surface area (Å²) in [4.78, 5) is 12.8. The van der Waals surface area contributed by atoms with E-state index in [9.17, 15) is 13.2 Å². The van der Waals surface area contributed by atoms with Crippen molar-refractivity contribution >= 4 is 27.5 Å². The molecule has 36 heavy (non-hydrogen) atoms. The smallest absolute Gasteiger partial charge is 0.244 e. The zero-order valence-corrected chi connectivity index (χ0v) is 22.7. The molecule has 190 valence electrons. The van der Waals surface area contributed by atoms with Crippen LogP contribution in [0.1, 0.15) is 68.8 Å². The quantitative estimate of drug-likeness (QED) is 0.405. The molecule has 1 atom stereocenters. The number of hydrogen-bond acceptors (Lipinski definition) is 3. The van der Waals surface area contributed by atoms with Gasteiger partial charge in [-0.2, -0.15) is 4.31 Å². The largest absolute Gasteiger partial charge is 0.368 e. The normalized spacial score (nSPS) is 17.4. The summed E-state index contributed by atoms with van der Waals surface area (Å²) in [5.74, 6) is -0.738. The summed E-state index contributed by atoms with van der Waals surface area (Å²) >= 11 is 6.01. The molecule has 7 heteroatoms. The van der Waals surface area contributed by atoms with Gasteiger partial charge >= 0.3 is 0 Å². The van der Waals surface area contributed by atoms with Gasteiger partial charge in [-0.15, -0.1) is 0 Å². The van der Waals surface area contributed by atoms with Gasteiger partial charge in [0.15, 0.2) is 0 Å². The number of rotatable bonds is 7. The molecule has 0 fully saturated rings. The summed E-state index contributed by atoms with van der Waals surface area (Å²) in [7, 11) is -4.11. The third kappa shape index (κ3) is 5.08. The SMILES string of the molecule is CC1(C)CCC(C)(C)c2cc(CN(C(C(N)=O)c3ccccc3)S(=O)(=O)c3ccc(Cl)cc3)ccc21. The van der Waals surface area contributed by atoms with Crippen LogP contribution in [0.3, 0.4) is 0 Å². The molecule has 1 unspecified atom stereocenters. The minimum atomic E-state index is -4.11. The monoisotopic (exact) mass is 524 g/mol. The maximum absolute atomic E-state index is 14.0. The number of halogens is 1. The number of fused-ring (bicyclic) bond motifs is 1. The molecule has 1 aliphatic carbocycles. The van der Waals surface area contributed by atoms with Crippen LogP contribution in [0.15, 0.2) is 77.7 Å². The standard InChI is InChI=1S/C29H33ClN2O3S/c1-28(2)16-17-29(3,4)25-18-20(10-15-24(25)28)19-32(26(27(31)33)21-8-6-5-7-9-21)36(34,35)23-13-11-22(30)12-14-23/h5-15,18,26H,16-17,19H2,1-4H3,(H2,31,33). The van der Waals surface area contributed by atoms with Crippen LogP contribution in [0.2, 0.25) is 5.02 Å². The first-order valence-corrected chi connectivity index (χ1v) is 13.9. The first kappa shape index (κ1) is 26.4. The molecule has 0 heterocycles. The molecule has 3 aromatic carbocycles. The van der Waals surface area contributed by atoms with Gasteiger partial charge in [0.25, 0.3) is 0 Å². The Hall–Kier alpha value is -2.67. The number of nitrogens with two attached hydrogens (primary N) is 1. The second kappa shape index (κ2) is 9.66. The van der Waals surface area contributed by atoms with Gasteiger partial charge in [0, 0.05) is 11.6 Å². The number of carbonyl (C=O) groups is 1. The lowest BCUT2D eigenvalue weighted by Crippen LogP contribution is -2.41. The van der Waals surface area contributed by atoms with Crippen molar-refractivity contribution in [3.8, 4) is 0 Å². The fourth-order valence-electron chi connectivity index (χ4n) is 5.08. The van der Waals surface area contributed by atoms with Gasteiger partial charge in [0.2, 0.25) is 15.9 Å². The van der Waals surface area contributed by atoms with E-state index < -0.39 is 22.0 Å². The predicted octanol–water partition coefficient (Wildman–Crippen LogP) is 6.11. The number of primary amides is 1. The molecule has 0 spiro atoms. The van der Waals surface area contributed by atoms with E-state index >= 15 is 0 Å². The molecule has 2 N–H and O–H groups in total. The van der Waals surface area contributed by atoms with Crippen molar-refractivity contribution in [3.05, 3.63) is 100 Å². The molecule has 0 aromatic heterocycles. The third-order valence-electron chi connectivity index (χ3n) is 7.35. The van der Waals surface area contributed by atoms with Crippen molar-refractivity contribution in [3.63, 3.8) is 0 Å². The average Bonchev–Trinajstić information content (AvgIpc) is 2.82. The van der Waals surface area contributed by atoms with E-state index in [-0.39, 0.29) is 22.3 Å². The molecule has 1 amide bonds. The molecule has 3 aromatic rings. The highest BCUT2D eigenvalue weighted by molar-refractivity contribution is 7.89. The predicted molar refractivity (Wildman–Crippen MR) is 144 cm³/mol. The van der Waals surface area contributed by atoms with Gasteiger partial charge in [-0.25, -0.2) is 8.42 Å². The van der Waals surface area contributed by atoms with Crippen molar-refractivity contribution in [1.29, 1.82) is 0 Å². The van der Waals surface area contributed by atoms with E-state index in [4.69, 9.17) is 17.3 Å². The highest BCUT2D eigenvalue weighted by Gasteiger charge is 2.39. The Morgan fingerprint density at radius 3 is 2.08 bits per heavy atom. The molecule has 0 aliphatic heterocycles. The van der Waals surface area contributed by atoms with Crippen LogP contribution in [0.25, 0.3) is 0 Å². The van der Waals surface area contributed by atoms with Crippen LogP contribution in [0.4, 0.5) is 0 Å². The summed E-state index contributed by atoms with van der Waals surface area (Å²) < 4.78 is 29.1. The molecule has 4 rings (SSSR count). The Bertz CT molecular complexity index is 1370. The topological polar surface area (TPSA) is 80.5 Å². The molecular weight excluding hydrogens is 492 g/mol. The summed E-state index contributed by atoms with van der Waals surface area (Å²) in [6, 6.07) is 19.7. The fraction of sp³-hybridized carbons (Fsp3) is 0.345. The second-order valence-corrected chi connectivity index (χ2v) is 13.2. The second-order valence-electron chi connectivity index (χ2n) is 10.9. The van der Waals surface area contributed by atoms with Gasteiger partial charge < -0.3 is 5.73 Å². The highest BCUT2D eigenvalue weighted by Crippen LogP contribution is 2.46. The van der Waals surface area contributed by atoms with E-state index in [2.05, 4.69) is 39.8 Å². The van der Waals surface area contributed by atoms with E-state index in [1.54, 1.807) is 24.3 Å². The van der Waals surface area contributed by atoms with Gasteiger partial charge in [0.1, 0.15) is 6.04 Å². The molecule has 0 saturated heterocycles. The van der Waals surface area contributed by atoms with Gasteiger partial charge in [-0.3, -0.25) is 4.79 Å². The Labute approximate surface area is 219 Å². The van der Waals surface area contributed by atoms with E-state index in [1.165, 1.54) is 39.7 Å². The zero-order chi connectivity index (χ0) is 26.3. The number of sulfonamides is 1. The van der Waals surface area contributed by atoms with Crippen molar-refractivity contribution in [2.24, 2.45) is 5.73 Å². The van der Waals surface area contributed by atoms with Crippen LogP contribution in [0, 0.1) is 0 Å². The van der Waals surface area contributed by atoms with Crippen molar-refractivity contribution in [1.82, 2.24) is 4.31 Å². The third-order valence-corrected chi connectivity index (χ3v) is 9.43. The van der Waals surface area contributed by atoms with Crippen molar-refractivity contribution in [2.45, 2.75) is 68.8 Å². The lowest BCUT2D eigenvalue weighted by atomic mass is 9.63. The Morgan fingerprint density at radius 2 is 1.50 bits per heavy atom. The summed E-state index contributed by atoms with van der Waals surface area (Å²) in [6.07, 6.45) is 2.12. The van der Waals surface area contributed by atoms with Crippen LogP contribution in [-0.4, -0.2) is 18.6 Å². The zero-order valence-electron chi connectivity index (χ0n) is 21.2. The molecule has 5 nitrogen and oxygen atoms in total. The van der Waals surface area contributed by atoms with Gasteiger partial charge in [0.05, 0.1) is 4.90 Å². The molecule has 0 saturated carbocycles. The average molecular weight is 525 g/mol. The number of amides is 1. The van der Waals surface area contributed by atoms with Crippen molar-refractivity contribution in [2.75, 3.05) is 0 Å². The Kier molecular flexibility index (Phi) is 7.08. The molecule has 0 bridgehead atoms. The Morgan fingerprint density at radius 1 is 0.917 bits per heavy atom. The molecular formula is C29H33ClN2O3S. The molecule has 0 radical (unpaired) electrons. The fourth-order valence-corrected chi connectivity index (χ4v) is 6.78. The summed E-state index contributed by atoms with van der Waals surface area (Å²) in [5, 5.41) is 0.426. The maximum atomic E-state index is 14.0. The van der Waals surface area contributed by atoms with Crippen LogP contribution >= 0.6 is 11.6 Å². The number of hydrogen-bond donors (Lipinski definition) is 1. The molecule has 1 aliphatic rings. The summed E-state index contributed by atoms with van der Waals surface area (Å²) in [5.41, 5.74) is 9.67. The van der Waals surface area contributed by atoms with E-state index in [1.807, 2.05) is 12.1 Å². The van der Waals surface area contributed by atoms with E-state index in [0.29, 0.717) is 10.6 Å². The minimum absolute atomic E-state index is 0.00273. The van der Waals surface area contributed by atoms with Crippen molar-refractivity contribution < 1.29 is 13.2 Å². The maximum Gasteiger partial charge on any atom is 0.244 e. The minimum Gasteiger partial charge on any atom is -0.368 e. The van der Waals surface area contributed by atoms with Crippen LogP contribution in [-0.2, 0) is 32.2 Å². The van der Waals surface area contributed by atoms with Crippen LogP contribution in [0.5, 0.6) is 0 Å². The first-order valence-electron chi connectivity index (χ1n) is 12.1. The lowest BCUT2D eigenvalue weighted by Gasteiger charge is -2.42. The Balaban J connectivity index is 1.85. The number of carbonyl (C=O) groups excluding carboxylic acids is 1.